The molecule has 12 heteroatoms. The molecule has 1 atom stereocenters. The van der Waals surface area contributed by atoms with Crippen molar-refractivity contribution >= 4 is 23.4 Å². The molecule has 1 amide bonds. The van der Waals surface area contributed by atoms with Gasteiger partial charge < -0.3 is 34.7 Å². The molecule has 1 aromatic heterocycles. The quantitative estimate of drug-likeness (QED) is 0.0812. The summed E-state index contributed by atoms with van der Waals surface area (Å²) in [4.78, 5) is 34.7. The minimum absolute atomic E-state index is 0.00190. The Hall–Kier alpha value is -6.43. The number of anilines is 1. The Morgan fingerprint density at radius 1 is 0.875 bits per heavy atom. The molecule has 4 N–H and O–H groups in total. The molecule has 2 heterocycles. The van der Waals surface area contributed by atoms with Crippen LogP contribution in [0.25, 0.3) is 0 Å². The van der Waals surface area contributed by atoms with Crippen LogP contribution in [-0.4, -0.2) is 40.4 Å². The van der Waals surface area contributed by atoms with Gasteiger partial charge in [-0.2, -0.15) is 9.97 Å². The van der Waals surface area contributed by atoms with E-state index in [9.17, 15) is 9.59 Å². The lowest BCUT2D eigenvalue weighted by Gasteiger charge is -2.26. The summed E-state index contributed by atoms with van der Waals surface area (Å²) >= 11 is 0. The number of nitrogen functional groups attached to an aromatic ring is 1. The SMILES string of the molecule is CCOC(=O)c1cc(C)cc(Oc2nc(Oc3cc(C(=N)N)ccc3Oc3ccccc3)nc3c2NC(=O)C(Cc2ccccc2)O3)c1. The van der Waals surface area contributed by atoms with Crippen molar-refractivity contribution in [2.24, 2.45) is 5.73 Å². The van der Waals surface area contributed by atoms with Crippen molar-refractivity contribution in [2.75, 3.05) is 11.9 Å². The maximum absolute atomic E-state index is 13.2. The zero-order valence-corrected chi connectivity index (χ0v) is 26.1. The third kappa shape index (κ3) is 7.34. The largest absolute Gasteiger partial charge is 0.462 e. The number of aryl methyl sites for hydroxylation is 1. The van der Waals surface area contributed by atoms with Crippen molar-refractivity contribution in [1.82, 2.24) is 9.97 Å². The Kier molecular flexibility index (Phi) is 9.14. The van der Waals surface area contributed by atoms with Crippen LogP contribution in [0.4, 0.5) is 5.69 Å². The van der Waals surface area contributed by atoms with Crippen LogP contribution in [0.5, 0.6) is 40.8 Å². The first-order chi connectivity index (χ1) is 23.2. The molecular formula is C36H31N5O7. The van der Waals surface area contributed by atoms with Gasteiger partial charge in [-0.05, 0) is 73.5 Å². The predicted molar refractivity (Wildman–Crippen MR) is 176 cm³/mol. The molecule has 0 saturated carbocycles. The minimum atomic E-state index is -0.914. The number of carbonyl (C=O) groups is 2. The molecule has 1 aliphatic rings. The van der Waals surface area contributed by atoms with E-state index in [0.717, 1.165) is 11.1 Å². The molecule has 0 saturated heterocycles. The molecule has 0 bridgehead atoms. The summed E-state index contributed by atoms with van der Waals surface area (Å²) in [6.07, 6.45) is -0.637. The molecule has 12 nitrogen and oxygen atoms in total. The number of carbonyl (C=O) groups excluding carboxylic acids is 2. The monoisotopic (exact) mass is 645 g/mol. The second kappa shape index (κ2) is 13.9. The van der Waals surface area contributed by atoms with Crippen LogP contribution in [0, 0.1) is 12.3 Å². The second-order valence-electron chi connectivity index (χ2n) is 10.7. The third-order valence-electron chi connectivity index (χ3n) is 7.08. The number of esters is 1. The first-order valence-corrected chi connectivity index (χ1v) is 15.0. The summed E-state index contributed by atoms with van der Waals surface area (Å²) in [5.41, 5.74) is 8.12. The number of fused-ring (bicyclic) bond motifs is 1. The topological polar surface area (TPSA) is 168 Å². The van der Waals surface area contributed by atoms with Gasteiger partial charge in [0.1, 0.15) is 17.3 Å². The third-order valence-corrected chi connectivity index (χ3v) is 7.08. The summed E-state index contributed by atoms with van der Waals surface area (Å²) in [6.45, 7) is 3.72. The van der Waals surface area contributed by atoms with Gasteiger partial charge in [0.2, 0.25) is 5.88 Å². The lowest BCUT2D eigenvalue weighted by Crippen LogP contribution is -2.39. The molecule has 5 aromatic rings. The highest BCUT2D eigenvalue weighted by atomic mass is 16.5. The molecule has 1 unspecified atom stereocenters. The number of aromatic nitrogens is 2. The predicted octanol–water partition coefficient (Wildman–Crippen LogP) is 6.56. The van der Waals surface area contributed by atoms with Crippen molar-refractivity contribution in [2.45, 2.75) is 26.4 Å². The van der Waals surface area contributed by atoms with Gasteiger partial charge >= 0.3 is 12.0 Å². The van der Waals surface area contributed by atoms with Gasteiger partial charge in [0, 0.05) is 12.0 Å². The maximum Gasteiger partial charge on any atom is 0.338 e. The fraction of sp³-hybridized carbons (Fsp3) is 0.139. The van der Waals surface area contributed by atoms with Gasteiger partial charge in [0.15, 0.2) is 23.3 Å². The summed E-state index contributed by atoms with van der Waals surface area (Å²) in [7, 11) is 0. The molecule has 0 fully saturated rings. The number of nitrogens with zero attached hydrogens (tertiary/aromatic N) is 2. The van der Waals surface area contributed by atoms with E-state index in [1.807, 2.05) is 48.5 Å². The first kappa shape index (κ1) is 31.5. The standard InChI is InChI=1S/C36H31N5O7/c1-3-44-35(43)24-16-21(2)17-26(19-24)46-33-30-34(47-29(32(42)39-30)18-22-10-6-4-7-11-22)41-36(40-33)48-28-20-23(31(37)38)14-15-27(28)45-25-12-8-5-9-13-25/h4-17,19-20,29H,3,18H2,1-2H3,(H3,37,38)(H,39,42). The van der Waals surface area contributed by atoms with Crippen molar-refractivity contribution in [3.63, 3.8) is 0 Å². The zero-order chi connectivity index (χ0) is 33.6. The lowest BCUT2D eigenvalue weighted by atomic mass is 10.1. The number of amidine groups is 1. The number of hydrogen-bond donors (Lipinski definition) is 3. The molecule has 6 rings (SSSR count). The van der Waals surface area contributed by atoms with Gasteiger partial charge in [-0.3, -0.25) is 10.2 Å². The molecule has 4 aromatic carbocycles. The Bertz CT molecular complexity index is 1990. The maximum atomic E-state index is 13.2. The summed E-state index contributed by atoms with van der Waals surface area (Å²) in [5.74, 6) is 0.0129. The van der Waals surface area contributed by atoms with Crippen LogP contribution < -0.4 is 30.0 Å². The summed E-state index contributed by atoms with van der Waals surface area (Å²) in [5, 5.41) is 10.8. The molecule has 0 aliphatic carbocycles. The highest BCUT2D eigenvalue weighted by Crippen LogP contribution is 2.42. The van der Waals surface area contributed by atoms with E-state index in [4.69, 9.17) is 34.8 Å². The average Bonchev–Trinajstić information content (AvgIpc) is 3.07. The van der Waals surface area contributed by atoms with Crippen molar-refractivity contribution < 1.29 is 33.3 Å². The number of rotatable bonds is 11. The first-order valence-electron chi connectivity index (χ1n) is 15.0. The number of nitrogens with one attached hydrogen (secondary N) is 2. The molecule has 0 radical (unpaired) electrons. The van der Waals surface area contributed by atoms with Crippen LogP contribution in [0.3, 0.4) is 0 Å². The average molecular weight is 646 g/mol. The molecule has 1 aliphatic heterocycles. The van der Waals surface area contributed by atoms with Gasteiger partial charge in [-0.15, -0.1) is 0 Å². The van der Waals surface area contributed by atoms with Crippen LogP contribution >= 0.6 is 0 Å². The van der Waals surface area contributed by atoms with E-state index in [0.29, 0.717) is 17.1 Å². The summed E-state index contributed by atoms with van der Waals surface area (Å²) < 4.78 is 29.7. The highest BCUT2D eigenvalue weighted by Gasteiger charge is 2.33. The van der Waals surface area contributed by atoms with Crippen LogP contribution in [0.15, 0.2) is 97.1 Å². The van der Waals surface area contributed by atoms with Crippen molar-refractivity contribution in [3.05, 3.63) is 119 Å². The zero-order valence-electron chi connectivity index (χ0n) is 26.1. The van der Waals surface area contributed by atoms with Gasteiger partial charge in [0.05, 0.1) is 12.2 Å². The number of hydrogen-bond acceptors (Lipinski definition) is 10. The Morgan fingerprint density at radius 3 is 2.35 bits per heavy atom. The Labute approximate surface area is 275 Å². The van der Waals surface area contributed by atoms with E-state index >= 15 is 0 Å². The molecule has 0 spiro atoms. The molecular weight excluding hydrogens is 614 g/mol. The van der Waals surface area contributed by atoms with Gasteiger partial charge in [-0.1, -0.05) is 48.5 Å². The second-order valence-corrected chi connectivity index (χ2v) is 10.7. The van der Waals surface area contributed by atoms with Gasteiger partial charge in [0.25, 0.3) is 11.8 Å². The molecule has 242 valence electrons. The van der Waals surface area contributed by atoms with E-state index in [-0.39, 0.29) is 59.4 Å². The molecule has 48 heavy (non-hydrogen) atoms. The smallest absolute Gasteiger partial charge is 0.338 e. The Balaban J connectivity index is 1.40. The van der Waals surface area contributed by atoms with E-state index in [2.05, 4.69) is 15.3 Å². The highest BCUT2D eigenvalue weighted by molar-refractivity contribution is 5.99. The fourth-order valence-corrected chi connectivity index (χ4v) is 4.87. The van der Waals surface area contributed by atoms with Crippen LogP contribution in [0.1, 0.15) is 34.0 Å². The normalized spacial score (nSPS) is 13.4. The Morgan fingerprint density at radius 2 is 1.62 bits per heavy atom. The lowest BCUT2D eigenvalue weighted by molar-refractivity contribution is -0.123. The van der Waals surface area contributed by atoms with E-state index in [1.165, 1.54) is 12.1 Å². The van der Waals surface area contributed by atoms with Crippen molar-refractivity contribution in [3.8, 4) is 40.8 Å². The van der Waals surface area contributed by atoms with Crippen LogP contribution in [-0.2, 0) is 16.0 Å². The van der Waals surface area contributed by atoms with Crippen LogP contribution in [0.2, 0.25) is 0 Å². The minimum Gasteiger partial charge on any atom is -0.462 e. The number of para-hydroxylation sites is 1. The fourth-order valence-electron chi connectivity index (χ4n) is 4.87. The van der Waals surface area contributed by atoms with E-state index < -0.39 is 18.0 Å². The van der Waals surface area contributed by atoms with E-state index in [1.54, 1.807) is 50.2 Å². The van der Waals surface area contributed by atoms with Gasteiger partial charge in [-0.25, -0.2) is 4.79 Å². The number of nitrogens with two attached hydrogens (primary N) is 1. The number of ether oxygens (including phenoxy) is 5. The number of amides is 1. The van der Waals surface area contributed by atoms with Crippen molar-refractivity contribution in [1.29, 1.82) is 5.41 Å². The summed E-state index contributed by atoms with van der Waals surface area (Å²) in [6, 6.07) is 27.9. The number of benzene rings is 4.